The Kier molecular flexibility index (Phi) is 9.94. The van der Waals surface area contributed by atoms with Gasteiger partial charge in [0.05, 0.1) is 11.9 Å². The topological polar surface area (TPSA) is 86.8 Å². The van der Waals surface area contributed by atoms with Gasteiger partial charge in [-0.25, -0.2) is 8.42 Å². The number of aryl methyl sites for hydroxylation is 1. The van der Waals surface area contributed by atoms with Gasteiger partial charge in [0.15, 0.2) is 0 Å². The molecule has 1 unspecified atom stereocenters. The molecule has 2 amide bonds. The molecule has 0 aromatic heterocycles. The second-order valence-electron chi connectivity index (χ2n) is 8.71. The molecular weight excluding hydrogens is 474 g/mol. The number of hydrogen-bond acceptors (Lipinski definition) is 4. The van der Waals surface area contributed by atoms with Crippen LogP contribution in [0.1, 0.15) is 44.7 Å². The van der Waals surface area contributed by atoms with Gasteiger partial charge in [-0.2, -0.15) is 0 Å². The summed E-state index contributed by atoms with van der Waals surface area (Å²) in [7, 11) is -3.52. The number of nitrogens with zero attached hydrogens (tertiary/aromatic N) is 2. The van der Waals surface area contributed by atoms with Crippen molar-refractivity contribution in [2.75, 3.05) is 17.1 Å². The monoisotopic (exact) mass is 507 g/mol. The summed E-state index contributed by atoms with van der Waals surface area (Å²) in [6.45, 7) is 7.68. The van der Waals surface area contributed by atoms with Crippen molar-refractivity contribution < 1.29 is 18.0 Å². The largest absolute Gasteiger partial charge is 0.352 e. The Morgan fingerprint density at radius 1 is 1.03 bits per heavy atom. The number of nitrogens with one attached hydrogen (secondary N) is 1. The number of carbonyl (C=O) groups is 2. The lowest BCUT2D eigenvalue weighted by molar-refractivity contribution is -0.140. The fourth-order valence-electron chi connectivity index (χ4n) is 3.60. The van der Waals surface area contributed by atoms with Gasteiger partial charge in [-0.1, -0.05) is 41.9 Å². The Labute approximate surface area is 208 Å². The summed E-state index contributed by atoms with van der Waals surface area (Å²) in [5, 5.41) is 3.44. The van der Waals surface area contributed by atoms with Crippen LogP contribution in [0.25, 0.3) is 0 Å². The van der Waals surface area contributed by atoms with Crippen LogP contribution in [0.4, 0.5) is 5.69 Å². The normalized spacial score (nSPS) is 12.3. The molecule has 2 rings (SSSR count). The lowest BCUT2D eigenvalue weighted by Crippen LogP contribution is -2.49. The third-order valence-electron chi connectivity index (χ3n) is 5.40. The molecule has 186 valence electrons. The van der Waals surface area contributed by atoms with Crippen molar-refractivity contribution in [3.8, 4) is 0 Å². The molecule has 1 atom stereocenters. The highest BCUT2D eigenvalue weighted by Gasteiger charge is 2.27. The van der Waals surface area contributed by atoms with E-state index in [2.05, 4.69) is 5.32 Å². The second-order valence-corrected chi connectivity index (χ2v) is 11.1. The number of para-hydroxylation sites is 1. The molecule has 0 aliphatic carbocycles. The summed E-state index contributed by atoms with van der Waals surface area (Å²) >= 11 is 5.98. The fourth-order valence-corrected chi connectivity index (χ4v) is 4.75. The van der Waals surface area contributed by atoms with Gasteiger partial charge in [0.25, 0.3) is 0 Å². The number of hydrogen-bond donors (Lipinski definition) is 1. The maximum atomic E-state index is 13.2. The zero-order valence-electron chi connectivity index (χ0n) is 20.4. The van der Waals surface area contributed by atoms with Gasteiger partial charge in [0, 0.05) is 30.6 Å². The summed E-state index contributed by atoms with van der Waals surface area (Å²) in [5.41, 5.74) is 2.28. The number of benzene rings is 2. The average Bonchev–Trinajstić information content (AvgIpc) is 2.75. The lowest BCUT2D eigenvalue weighted by atomic mass is 10.1. The van der Waals surface area contributed by atoms with Crippen molar-refractivity contribution in [3.05, 3.63) is 64.7 Å². The van der Waals surface area contributed by atoms with Gasteiger partial charge in [-0.05, 0) is 63.4 Å². The molecular formula is C25H34ClN3O4S. The quantitative estimate of drug-likeness (QED) is 0.495. The van der Waals surface area contributed by atoms with E-state index in [1.807, 2.05) is 45.0 Å². The van der Waals surface area contributed by atoms with E-state index in [1.54, 1.807) is 31.2 Å². The standard InChI is InChI=1S/C25H34ClN3O4S/c1-18(2)27-25(31)20(4)28(17-21-12-14-22(26)15-13-21)24(30)11-8-16-29(34(5,32)33)23-10-7-6-9-19(23)3/h6-7,9-10,12-15,18,20H,8,11,16-17H2,1-5H3,(H,27,31). The van der Waals surface area contributed by atoms with E-state index in [1.165, 1.54) is 9.21 Å². The number of rotatable bonds is 11. The minimum absolute atomic E-state index is 0.0557. The third-order valence-corrected chi connectivity index (χ3v) is 6.83. The van der Waals surface area contributed by atoms with E-state index >= 15 is 0 Å². The third kappa shape index (κ3) is 8.02. The first-order valence-electron chi connectivity index (χ1n) is 11.3. The number of carbonyl (C=O) groups excluding carboxylic acids is 2. The van der Waals surface area contributed by atoms with Crippen LogP contribution >= 0.6 is 11.6 Å². The van der Waals surface area contributed by atoms with Crippen molar-refractivity contribution >= 4 is 39.1 Å². The van der Waals surface area contributed by atoms with Gasteiger partial charge in [0.2, 0.25) is 21.8 Å². The molecule has 0 saturated heterocycles. The van der Waals surface area contributed by atoms with Crippen LogP contribution in [0.5, 0.6) is 0 Å². The Morgan fingerprint density at radius 2 is 1.65 bits per heavy atom. The van der Waals surface area contributed by atoms with Crippen LogP contribution in [-0.2, 0) is 26.2 Å². The van der Waals surface area contributed by atoms with Crippen molar-refractivity contribution in [2.45, 2.75) is 59.2 Å². The zero-order chi connectivity index (χ0) is 25.5. The zero-order valence-corrected chi connectivity index (χ0v) is 22.0. The summed E-state index contributed by atoms with van der Waals surface area (Å²) in [5.74, 6) is -0.463. The molecule has 0 spiro atoms. The van der Waals surface area contributed by atoms with Crippen LogP contribution in [0.3, 0.4) is 0 Å². The molecule has 0 aliphatic heterocycles. The summed E-state index contributed by atoms with van der Waals surface area (Å²) in [4.78, 5) is 27.4. The molecule has 0 radical (unpaired) electrons. The van der Waals surface area contributed by atoms with Crippen LogP contribution in [0, 0.1) is 6.92 Å². The minimum atomic E-state index is -3.52. The molecule has 0 bridgehead atoms. The molecule has 0 saturated carbocycles. The molecule has 0 heterocycles. The number of sulfonamides is 1. The predicted molar refractivity (Wildman–Crippen MR) is 137 cm³/mol. The van der Waals surface area contributed by atoms with E-state index < -0.39 is 16.1 Å². The van der Waals surface area contributed by atoms with Crippen molar-refractivity contribution in [3.63, 3.8) is 0 Å². The highest BCUT2D eigenvalue weighted by molar-refractivity contribution is 7.92. The van der Waals surface area contributed by atoms with E-state index in [0.717, 1.165) is 17.4 Å². The number of anilines is 1. The Hall–Kier alpha value is -2.58. The second kappa shape index (κ2) is 12.2. The predicted octanol–water partition coefficient (Wildman–Crippen LogP) is 4.14. The molecule has 2 aromatic carbocycles. The van der Waals surface area contributed by atoms with E-state index in [4.69, 9.17) is 11.6 Å². The molecule has 0 fully saturated rings. The van der Waals surface area contributed by atoms with Gasteiger partial charge in [-0.3, -0.25) is 13.9 Å². The maximum Gasteiger partial charge on any atom is 0.242 e. The van der Waals surface area contributed by atoms with Crippen molar-refractivity contribution in [1.82, 2.24) is 10.2 Å². The first-order chi connectivity index (χ1) is 15.9. The van der Waals surface area contributed by atoms with Crippen LogP contribution in [-0.4, -0.2) is 50.0 Å². The van der Waals surface area contributed by atoms with Crippen LogP contribution in [0.2, 0.25) is 5.02 Å². The van der Waals surface area contributed by atoms with Gasteiger partial charge < -0.3 is 10.2 Å². The molecule has 2 aromatic rings. The molecule has 7 nitrogen and oxygen atoms in total. The Balaban J connectivity index is 2.17. The van der Waals surface area contributed by atoms with E-state index in [-0.39, 0.29) is 37.4 Å². The molecule has 0 aliphatic rings. The maximum absolute atomic E-state index is 13.2. The summed E-state index contributed by atoms with van der Waals surface area (Å²) in [6.07, 6.45) is 1.58. The summed E-state index contributed by atoms with van der Waals surface area (Å²) in [6, 6.07) is 13.6. The summed E-state index contributed by atoms with van der Waals surface area (Å²) < 4.78 is 26.2. The van der Waals surface area contributed by atoms with Crippen molar-refractivity contribution in [1.29, 1.82) is 0 Å². The highest BCUT2D eigenvalue weighted by atomic mass is 35.5. The van der Waals surface area contributed by atoms with Crippen LogP contribution in [0.15, 0.2) is 48.5 Å². The van der Waals surface area contributed by atoms with Gasteiger partial charge in [0.1, 0.15) is 6.04 Å². The highest BCUT2D eigenvalue weighted by Crippen LogP contribution is 2.23. The van der Waals surface area contributed by atoms with Crippen LogP contribution < -0.4 is 9.62 Å². The average molecular weight is 508 g/mol. The fraction of sp³-hybridized carbons (Fsp3) is 0.440. The lowest BCUT2D eigenvalue weighted by Gasteiger charge is -2.30. The number of amides is 2. The number of halogens is 1. The first-order valence-corrected chi connectivity index (χ1v) is 13.5. The smallest absolute Gasteiger partial charge is 0.242 e. The van der Waals surface area contributed by atoms with Crippen molar-refractivity contribution in [2.24, 2.45) is 0 Å². The Bertz CT molecular complexity index is 1090. The molecule has 1 N–H and O–H groups in total. The Morgan fingerprint density at radius 3 is 2.21 bits per heavy atom. The SMILES string of the molecule is Cc1ccccc1N(CCCC(=O)N(Cc1ccc(Cl)cc1)C(C)C(=O)NC(C)C)S(C)(=O)=O. The van der Waals surface area contributed by atoms with Gasteiger partial charge >= 0.3 is 0 Å². The van der Waals surface area contributed by atoms with E-state index in [9.17, 15) is 18.0 Å². The van der Waals surface area contributed by atoms with E-state index in [0.29, 0.717) is 17.1 Å². The van der Waals surface area contributed by atoms with Gasteiger partial charge in [-0.15, -0.1) is 0 Å². The first kappa shape index (κ1) is 27.7. The molecule has 34 heavy (non-hydrogen) atoms. The molecule has 9 heteroatoms. The minimum Gasteiger partial charge on any atom is -0.352 e.